The second-order valence-corrected chi connectivity index (χ2v) is 5.83. The van der Waals surface area contributed by atoms with E-state index in [2.05, 4.69) is 15.5 Å². The van der Waals surface area contributed by atoms with Crippen molar-refractivity contribution >= 4 is 5.91 Å². The predicted octanol–water partition coefficient (Wildman–Crippen LogP) is 1.83. The van der Waals surface area contributed by atoms with E-state index in [4.69, 9.17) is 4.74 Å². The number of rotatable bonds is 5. The molecule has 7 nitrogen and oxygen atoms in total. The molecule has 1 heterocycles. The fourth-order valence-corrected chi connectivity index (χ4v) is 2.89. The zero-order chi connectivity index (χ0) is 16.1. The van der Waals surface area contributed by atoms with Crippen LogP contribution in [0.3, 0.4) is 0 Å². The molecular weight excluding hydrogens is 294 g/mol. The third-order valence-electron chi connectivity index (χ3n) is 4.33. The molecule has 2 aromatic rings. The molecule has 1 saturated carbocycles. The third-order valence-corrected chi connectivity index (χ3v) is 4.33. The van der Waals surface area contributed by atoms with E-state index < -0.39 is 0 Å². The van der Waals surface area contributed by atoms with Crippen molar-refractivity contribution in [2.45, 2.75) is 38.1 Å². The molecule has 0 atom stereocenters. The monoisotopic (exact) mass is 315 g/mol. The van der Waals surface area contributed by atoms with Crippen LogP contribution >= 0.6 is 0 Å². The van der Waals surface area contributed by atoms with E-state index in [0.29, 0.717) is 11.8 Å². The summed E-state index contributed by atoms with van der Waals surface area (Å²) < 4.78 is 7.16. The Bertz CT molecular complexity index is 620. The highest BCUT2D eigenvalue weighted by molar-refractivity contribution is 5.77. The summed E-state index contributed by atoms with van der Waals surface area (Å²) in [6.07, 6.45) is 7.43. The number of carbonyl (C=O) groups is 1. The van der Waals surface area contributed by atoms with Crippen molar-refractivity contribution in [1.29, 1.82) is 0 Å². The largest absolute Gasteiger partial charge is 0.484 e. The number of amides is 1. The minimum atomic E-state index is 0.0291. The van der Waals surface area contributed by atoms with Gasteiger partial charge in [0, 0.05) is 13.1 Å². The summed E-state index contributed by atoms with van der Waals surface area (Å²) >= 11 is 0. The Labute approximate surface area is 135 Å². The van der Waals surface area contributed by atoms with Crippen LogP contribution in [0.15, 0.2) is 30.6 Å². The van der Waals surface area contributed by atoms with Crippen LogP contribution < -0.4 is 4.74 Å². The lowest BCUT2D eigenvalue weighted by Crippen LogP contribution is -2.40. The molecule has 1 fully saturated rings. The zero-order valence-corrected chi connectivity index (χ0v) is 13.3. The Hall–Kier alpha value is -2.44. The van der Waals surface area contributed by atoms with Crippen LogP contribution in [0.4, 0.5) is 0 Å². The van der Waals surface area contributed by atoms with Crippen LogP contribution in [-0.4, -0.2) is 50.7 Å². The fourth-order valence-electron chi connectivity index (χ4n) is 2.89. The molecule has 23 heavy (non-hydrogen) atoms. The van der Waals surface area contributed by atoms with Gasteiger partial charge in [0.25, 0.3) is 5.91 Å². The molecule has 0 N–H and O–H groups in total. The maximum atomic E-state index is 12.2. The van der Waals surface area contributed by atoms with Crippen molar-refractivity contribution in [2.24, 2.45) is 0 Å². The number of ether oxygens (including phenoxy) is 1. The third kappa shape index (κ3) is 3.85. The first kappa shape index (κ1) is 15.5. The van der Waals surface area contributed by atoms with E-state index in [9.17, 15) is 4.79 Å². The summed E-state index contributed by atoms with van der Waals surface area (Å²) in [5.41, 5.74) is 0.841. The van der Waals surface area contributed by atoms with Crippen LogP contribution in [0.25, 0.3) is 5.69 Å². The molecule has 0 saturated heterocycles. The molecule has 1 amide bonds. The van der Waals surface area contributed by atoms with Crippen molar-refractivity contribution in [3.05, 3.63) is 30.6 Å². The minimum Gasteiger partial charge on any atom is -0.484 e. The summed E-state index contributed by atoms with van der Waals surface area (Å²) in [5, 5.41) is 11.0. The quantitative estimate of drug-likeness (QED) is 0.841. The fraction of sp³-hybridized carbons (Fsp3) is 0.500. The van der Waals surface area contributed by atoms with E-state index in [-0.39, 0.29) is 12.5 Å². The van der Waals surface area contributed by atoms with Crippen molar-refractivity contribution in [3.8, 4) is 11.4 Å². The minimum absolute atomic E-state index is 0.0291. The summed E-state index contributed by atoms with van der Waals surface area (Å²) in [7, 11) is 1.88. The number of likely N-dealkylation sites (N-methyl/N-ethyl adjacent to an activating group) is 1. The van der Waals surface area contributed by atoms with Gasteiger partial charge in [-0.3, -0.25) is 4.79 Å². The maximum Gasteiger partial charge on any atom is 0.260 e. The van der Waals surface area contributed by atoms with Crippen molar-refractivity contribution in [1.82, 2.24) is 25.1 Å². The normalized spacial score (nSPS) is 15.3. The van der Waals surface area contributed by atoms with Gasteiger partial charge in [0.15, 0.2) is 6.61 Å². The van der Waals surface area contributed by atoms with Gasteiger partial charge in [0.1, 0.15) is 12.1 Å². The van der Waals surface area contributed by atoms with E-state index in [0.717, 1.165) is 18.5 Å². The number of tetrazole rings is 1. The van der Waals surface area contributed by atoms with Crippen LogP contribution in [0.1, 0.15) is 32.1 Å². The van der Waals surface area contributed by atoms with Gasteiger partial charge in [0.2, 0.25) is 0 Å². The lowest BCUT2D eigenvalue weighted by molar-refractivity contribution is -0.134. The molecule has 122 valence electrons. The average molecular weight is 315 g/mol. The van der Waals surface area contributed by atoms with Gasteiger partial charge in [-0.2, -0.15) is 0 Å². The summed E-state index contributed by atoms with van der Waals surface area (Å²) in [6, 6.07) is 7.68. The molecule has 0 spiro atoms. The van der Waals surface area contributed by atoms with Gasteiger partial charge in [-0.15, -0.1) is 5.10 Å². The number of nitrogens with zero attached hydrogens (tertiary/aromatic N) is 5. The van der Waals surface area contributed by atoms with E-state index in [1.165, 1.54) is 25.6 Å². The second-order valence-electron chi connectivity index (χ2n) is 5.83. The highest BCUT2D eigenvalue weighted by Gasteiger charge is 2.22. The van der Waals surface area contributed by atoms with Crippen LogP contribution in [0.2, 0.25) is 0 Å². The van der Waals surface area contributed by atoms with Crippen molar-refractivity contribution in [3.63, 3.8) is 0 Å². The molecule has 1 aliphatic carbocycles. The highest BCUT2D eigenvalue weighted by Crippen LogP contribution is 2.22. The smallest absolute Gasteiger partial charge is 0.260 e. The summed E-state index contributed by atoms with van der Waals surface area (Å²) in [5.74, 6) is 0.689. The number of hydrogen-bond acceptors (Lipinski definition) is 5. The van der Waals surface area contributed by atoms with E-state index in [1.54, 1.807) is 4.68 Å². The molecule has 0 bridgehead atoms. The Balaban J connectivity index is 1.52. The Morgan fingerprint density at radius 1 is 1.26 bits per heavy atom. The number of benzene rings is 1. The highest BCUT2D eigenvalue weighted by atomic mass is 16.5. The Morgan fingerprint density at radius 3 is 2.65 bits per heavy atom. The topological polar surface area (TPSA) is 73.1 Å². The molecule has 0 aliphatic heterocycles. The summed E-state index contributed by atoms with van der Waals surface area (Å²) in [4.78, 5) is 14.1. The number of hydrogen-bond donors (Lipinski definition) is 0. The molecule has 7 heteroatoms. The van der Waals surface area contributed by atoms with Crippen LogP contribution in [0, 0.1) is 0 Å². The standard InChI is InChI=1S/C16H21N5O2/c1-20(13-5-3-2-4-6-13)16(22)11-23-15-9-7-14(8-10-15)21-12-17-18-19-21/h7-10,12-13H,2-6,11H2,1H3. The molecule has 0 unspecified atom stereocenters. The first-order valence-corrected chi connectivity index (χ1v) is 7.96. The van der Waals surface area contributed by atoms with Gasteiger partial charge in [-0.1, -0.05) is 19.3 Å². The molecule has 1 aromatic carbocycles. The van der Waals surface area contributed by atoms with Crippen LogP contribution in [0.5, 0.6) is 5.75 Å². The Morgan fingerprint density at radius 2 is 2.00 bits per heavy atom. The second kappa shape index (κ2) is 7.21. The van der Waals surface area contributed by atoms with Gasteiger partial charge < -0.3 is 9.64 Å². The lowest BCUT2D eigenvalue weighted by Gasteiger charge is -2.31. The maximum absolute atomic E-state index is 12.2. The van der Waals surface area contributed by atoms with Crippen LogP contribution in [-0.2, 0) is 4.79 Å². The number of carbonyl (C=O) groups excluding carboxylic acids is 1. The average Bonchev–Trinajstić information content (AvgIpc) is 3.15. The molecule has 1 aromatic heterocycles. The van der Waals surface area contributed by atoms with E-state index in [1.807, 2.05) is 36.2 Å². The molecule has 3 rings (SSSR count). The first-order chi connectivity index (χ1) is 11.2. The van der Waals surface area contributed by atoms with E-state index >= 15 is 0 Å². The van der Waals surface area contributed by atoms with Crippen molar-refractivity contribution in [2.75, 3.05) is 13.7 Å². The van der Waals surface area contributed by atoms with Gasteiger partial charge >= 0.3 is 0 Å². The SMILES string of the molecule is CN(C(=O)COc1ccc(-n2cnnn2)cc1)C1CCCCC1. The number of aromatic nitrogens is 4. The molecule has 1 aliphatic rings. The first-order valence-electron chi connectivity index (χ1n) is 7.96. The summed E-state index contributed by atoms with van der Waals surface area (Å²) in [6.45, 7) is 0.0667. The lowest BCUT2D eigenvalue weighted by atomic mass is 9.94. The Kier molecular flexibility index (Phi) is 4.85. The predicted molar refractivity (Wildman–Crippen MR) is 84.3 cm³/mol. The molecular formula is C16H21N5O2. The zero-order valence-electron chi connectivity index (χ0n) is 13.3. The van der Waals surface area contributed by atoms with Gasteiger partial charge in [0.05, 0.1) is 5.69 Å². The van der Waals surface area contributed by atoms with Crippen molar-refractivity contribution < 1.29 is 9.53 Å². The van der Waals surface area contributed by atoms with Gasteiger partial charge in [-0.05, 0) is 47.5 Å². The van der Waals surface area contributed by atoms with Gasteiger partial charge in [-0.25, -0.2) is 4.68 Å². The molecule has 0 radical (unpaired) electrons.